The van der Waals surface area contributed by atoms with Crippen LogP contribution >= 0.6 is 11.3 Å². The van der Waals surface area contributed by atoms with E-state index in [9.17, 15) is 0 Å². The van der Waals surface area contributed by atoms with Gasteiger partial charge in [-0.1, -0.05) is 5.92 Å². The van der Waals surface area contributed by atoms with Gasteiger partial charge in [0.15, 0.2) is 0 Å². The van der Waals surface area contributed by atoms with Crippen LogP contribution in [-0.4, -0.2) is 15.6 Å². The molecule has 4 nitrogen and oxygen atoms in total. The van der Waals surface area contributed by atoms with Gasteiger partial charge in [-0.2, -0.15) is 16.4 Å². The number of terminal acetylenes is 1. The SMILES string of the molecule is C#CCn1cc(CC(=N)N)c(-c2ccsc2)n1. The number of aromatic nitrogens is 2. The van der Waals surface area contributed by atoms with E-state index in [2.05, 4.69) is 11.0 Å². The number of nitrogens with zero attached hydrogens (tertiary/aromatic N) is 2. The molecule has 0 bridgehead atoms. The first kappa shape index (κ1) is 11.4. The molecule has 0 aliphatic carbocycles. The van der Waals surface area contributed by atoms with Crippen LogP contribution in [0.2, 0.25) is 0 Å². The highest BCUT2D eigenvalue weighted by Gasteiger charge is 2.12. The van der Waals surface area contributed by atoms with Crippen LogP contribution in [-0.2, 0) is 13.0 Å². The van der Waals surface area contributed by atoms with E-state index >= 15 is 0 Å². The smallest absolute Gasteiger partial charge is 0.101 e. The van der Waals surface area contributed by atoms with Crippen molar-refractivity contribution < 1.29 is 0 Å². The minimum Gasteiger partial charge on any atom is -0.387 e. The normalized spacial score (nSPS) is 10.1. The minimum atomic E-state index is 0.127. The van der Waals surface area contributed by atoms with Crippen LogP contribution in [0.1, 0.15) is 5.56 Å². The van der Waals surface area contributed by atoms with Gasteiger partial charge in [0, 0.05) is 29.1 Å². The van der Waals surface area contributed by atoms with Crippen LogP contribution in [0.4, 0.5) is 0 Å². The fourth-order valence-corrected chi connectivity index (χ4v) is 2.25. The van der Waals surface area contributed by atoms with Crippen molar-refractivity contribution in [2.45, 2.75) is 13.0 Å². The Balaban J connectivity index is 2.41. The van der Waals surface area contributed by atoms with Gasteiger partial charge in [-0.25, -0.2) is 0 Å². The highest BCUT2D eigenvalue weighted by Crippen LogP contribution is 2.24. The van der Waals surface area contributed by atoms with E-state index in [1.807, 2.05) is 23.0 Å². The van der Waals surface area contributed by atoms with E-state index in [4.69, 9.17) is 17.6 Å². The van der Waals surface area contributed by atoms with Crippen molar-refractivity contribution in [2.75, 3.05) is 0 Å². The molecule has 2 rings (SSSR count). The highest BCUT2D eigenvalue weighted by atomic mass is 32.1. The van der Waals surface area contributed by atoms with Crippen molar-refractivity contribution >= 4 is 17.2 Å². The molecule has 17 heavy (non-hydrogen) atoms. The molecule has 2 aromatic rings. The second-order valence-electron chi connectivity index (χ2n) is 3.62. The molecular formula is C12H12N4S. The molecule has 3 N–H and O–H groups in total. The van der Waals surface area contributed by atoms with Gasteiger partial charge >= 0.3 is 0 Å². The number of rotatable bonds is 4. The quantitative estimate of drug-likeness (QED) is 0.488. The lowest BCUT2D eigenvalue weighted by atomic mass is 10.1. The van der Waals surface area contributed by atoms with Gasteiger partial charge in [-0.15, -0.1) is 6.42 Å². The van der Waals surface area contributed by atoms with Crippen LogP contribution in [0.25, 0.3) is 11.3 Å². The third kappa shape index (κ3) is 2.55. The number of hydrogen-bond donors (Lipinski definition) is 2. The van der Waals surface area contributed by atoms with E-state index in [1.165, 1.54) is 0 Å². The van der Waals surface area contributed by atoms with Crippen LogP contribution in [0.3, 0.4) is 0 Å². The number of nitrogens with one attached hydrogen (secondary N) is 1. The summed E-state index contributed by atoms with van der Waals surface area (Å²) in [6.07, 6.45) is 7.52. The third-order valence-corrected chi connectivity index (χ3v) is 2.95. The summed E-state index contributed by atoms with van der Waals surface area (Å²) >= 11 is 1.61. The molecule has 86 valence electrons. The molecule has 0 atom stereocenters. The minimum absolute atomic E-state index is 0.127. The Hall–Kier alpha value is -2.06. The lowest BCUT2D eigenvalue weighted by Crippen LogP contribution is -2.12. The van der Waals surface area contributed by atoms with Crippen LogP contribution < -0.4 is 5.73 Å². The maximum absolute atomic E-state index is 7.37. The molecule has 0 aliphatic heterocycles. The summed E-state index contributed by atoms with van der Waals surface area (Å²) in [5.74, 6) is 2.67. The Labute approximate surface area is 104 Å². The topological polar surface area (TPSA) is 67.7 Å². The van der Waals surface area contributed by atoms with Crippen molar-refractivity contribution in [3.05, 3.63) is 28.6 Å². The summed E-state index contributed by atoms with van der Waals surface area (Å²) < 4.78 is 1.70. The molecule has 0 aromatic carbocycles. The number of thiophene rings is 1. The van der Waals surface area contributed by atoms with Gasteiger partial charge in [0.05, 0.1) is 11.5 Å². The lowest BCUT2D eigenvalue weighted by molar-refractivity contribution is 0.718. The summed E-state index contributed by atoms with van der Waals surface area (Å²) in [6.45, 7) is 0.426. The van der Waals surface area contributed by atoms with Gasteiger partial charge < -0.3 is 5.73 Å². The van der Waals surface area contributed by atoms with Crippen LogP contribution in [0.15, 0.2) is 23.0 Å². The Bertz CT molecular complexity index is 560. The van der Waals surface area contributed by atoms with Crippen molar-refractivity contribution in [1.82, 2.24) is 9.78 Å². The molecular weight excluding hydrogens is 232 g/mol. The average molecular weight is 244 g/mol. The van der Waals surface area contributed by atoms with Crippen LogP contribution in [0, 0.1) is 17.8 Å². The van der Waals surface area contributed by atoms with E-state index in [0.717, 1.165) is 16.8 Å². The summed E-state index contributed by atoms with van der Waals surface area (Å²) in [6, 6.07) is 2.00. The average Bonchev–Trinajstić information content (AvgIpc) is 2.86. The second kappa shape index (κ2) is 4.85. The zero-order chi connectivity index (χ0) is 12.3. The standard InChI is InChI=1S/C12H12N4S/c1-2-4-16-7-10(6-11(13)14)12(15-16)9-3-5-17-8-9/h1,3,5,7-8H,4,6H2,(H3,13,14). The Morgan fingerprint density at radius 1 is 1.65 bits per heavy atom. The third-order valence-electron chi connectivity index (χ3n) is 2.27. The van der Waals surface area contributed by atoms with Gasteiger partial charge in [0.25, 0.3) is 0 Å². The Morgan fingerprint density at radius 3 is 3.06 bits per heavy atom. The molecule has 0 unspecified atom stereocenters. The first-order valence-corrected chi connectivity index (χ1v) is 6.00. The number of amidine groups is 1. The molecule has 5 heteroatoms. The maximum Gasteiger partial charge on any atom is 0.101 e. The highest BCUT2D eigenvalue weighted by molar-refractivity contribution is 7.08. The Morgan fingerprint density at radius 2 is 2.47 bits per heavy atom. The van der Waals surface area contributed by atoms with E-state index in [-0.39, 0.29) is 5.84 Å². The predicted molar refractivity (Wildman–Crippen MR) is 70.0 cm³/mol. The van der Waals surface area contributed by atoms with E-state index in [1.54, 1.807) is 16.0 Å². The molecule has 0 radical (unpaired) electrons. The largest absolute Gasteiger partial charge is 0.387 e. The van der Waals surface area contributed by atoms with Gasteiger partial charge in [0.2, 0.25) is 0 Å². The molecule has 0 fully saturated rings. The van der Waals surface area contributed by atoms with E-state index in [0.29, 0.717) is 13.0 Å². The summed E-state index contributed by atoms with van der Waals surface area (Å²) in [5, 5.41) is 15.8. The molecule has 0 aliphatic rings. The van der Waals surface area contributed by atoms with Crippen molar-refractivity contribution in [3.8, 4) is 23.6 Å². The fraction of sp³-hybridized carbons (Fsp3) is 0.167. The Kier molecular flexibility index (Phi) is 3.26. The summed E-state index contributed by atoms with van der Waals surface area (Å²) in [7, 11) is 0. The molecule has 0 spiro atoms. The predicted octanol–water partition coefficient (Wildman–Crippen LogP) is 1.72. The first-order chi connectivity index (χ1) is 8.20. The first-order valence-electron chi connectivity index (χ1n) is 5.06. The van der Waals surface area contributed by atoms with Crippen molar-refractivity contribution in [2.24, 2.45) is 5.73 Å². The van der Waals surface area contributed by atoms with Crippen molar-refractivity contribution in [1.29, 1.82) is 5.41 Å². The molecule has 0 saturated carbocycles. The van der Waals surface area contributed by atoms with Gasteiger partial charge in [-0.05, 0) is 11.4 Å². The zero-order valence-corrected chi connectivity index (χ0v) is 10.00. The zero-order valence-electron chi connectivity index (χ0n) is 9.18. The van der Waals surface area contributed by atoms with Crippen LogP contribution in [0.5, 0.6) is 0 Å². The van der Waals surface area contributed by atoms with Crippen molar-refractivity contribution in [3.63, 3.8) is 0 Å². The monoisotopic (exact) mass is 244 g/mol. The molecule has 2 aromatic heterocycles. The summed E-state index contributed by atoms with van der Waals surface area (Å²) in [4.78, 5) is 0. The maximum atomic E-state index is 7.37. The van der Waals surface area contributed by atoms with Gasteiger partial charge in [0.1, 0.15) is 6.54 Å². The van der Waals surface area contributed by atoms with Gasteiger partial charge in [-0.3, -0.25) is 10.1 Å². The number of nitrogens with two attached hydrogens (primary N) is 1. The molecule has 0 amide bonds. The van der Waals surface area contributed by atoms with E-state index < -0.39 is 0 Å². The molecule has 0 saturated heterocycles. The second-order valence-corrected chi connectivity index (χ2v) is 4.40. The molecule has 2 heterocycles. The fourth-order valence-electron chi connectivity index (χ4n) is 1.61. The summed E-state index contributed by atoms with van der Waals surface area (Å²) in [5.41, 5.74) is 8.28. The lowest BCUT2D eigenvalue weighted by Gasteiger charge is -1.97. The number of hydrogen-bond acceptors (Lipinski definition) is 3.